The zero-order chi connectivity index (χ0) is 14.8. The van der Waals surface area contributed by atoms with E-state index in [1.165, 1.54) is 18.3 Å². The Morgan fingerprint density at radius 1 is 1.40 bits per heavy atom. The molecule has 4 N–H and O–H groups in total. The van der Waals surface area contributed by atoms with Crippen LogP contribution in [0.4, 0.5) is 16.4 Å². The molecule has 12 heteroatoms. The quantitative estimate of drug-likeness (QED) is 0.410. The summed E-state index contributed by atoms with van der Waals surface area (Å²) in [6.07, 6.45) is 1.23. The first-order chi connectivity index (χ1) is 9.44. The van der Waals surface area contributed by atoms with Gasteiger partial charge in [-0.2, -0.15) is 0 Å². The number of hydrazine groups is 1. The molecule has 20 heavy (non-hydrogen) atoms. The normalized spacial score (nSPS) is 11.1. The van der Waals surface area contributed by atoms with Gasteiger partial charge in [-0.15, -0.1) is 5.10 Å². The Kier molecular flexibility index (Phi) is 3.78. The highest BCUT2D eigenvalue weighted by Gasteiger charge is 2.21. The van der Waals surface area contributed by atoms with E-state index in [1.807, 2.05) is 0 Å². The number of hydrogen-bond donors (Lipinski definition) is 3. The molecule has 0 unspecified atom stereocenters. The van der Waals surface area contributed by atoms with Crippen molar-refractivity contribution in [3.8, 4) is 0 Å². The average molecular weight is 316 g/mol. The number of benzene rings is 1. The molecule has 1 aromatic heterocycles. The predicted molar refractivity (Wildman–Crippen MR) is 71.6 cm³/mol. The Hall–Kier alpha value is -2.31. The smallest absolute Gasteiger partial charge is 0.295 e. The third-order valence-corrected chi connectivity index (χ3v) is 4.30. The van der Waals surface area contributed by atoms with Gasteiger partial charge < -0.3 is 5.43 Å². The fourth-order valence-corrected chi connectivity index (χ4v) is 3.06. The molecular formula is C8H8N6O4S2. The van der Waals surface area contributed by atoms with Crippen LogP contribution in [0.25, 0.3) is 0 Å². The average Bonchev–Trinajstić information content (AvgIpc) is 2.89. The molecule has 0 spiro atoms. The number of rotatable bonds is 5. The van der Waals surface area contributed by atoms with Gasteiger partial charge in [0.15, 0.2) is 0 Å². The molecule has 0 fully saturated rings. The molecule has 0 aliphatic carbocycles. The monoisotopic (exact) mass is 316 g/mol. The number of hydrogen-bond acceptors (Lipinski definition) is 9. The van der Waals surface area contributed by atoms with Gasteiger partial charge in [0.1, 0.15) is 10.7 Å². The second-order valence-corrected chi connectivity index (χ2v) is 5.94. The maximum absolute atomic E-state index is 12.0. The van der Waals surface area contributed by atoms with E-state index < -0.39 is 20.6 Å². The molecule has 1 heterocycles. The Morgan fingerprint density at radius 2 is 2.15 bits per heavy atom. The first-order valence-corrected chi connectivity index (χ1v) is 7.25. The number of nitrogen functional groups attached to an aromatic ring is 1. The van der Waals surface area contributed by atoms with Crippen molar-refractivity contribution in [3.05, 3.63) is 34.5 Å². The fourth-order valence-electron chi connectivity index (χ4n) is 1.36. The molecule has 10 nitrogen and oxygen atoms in total. The van der Waals surface area contributed by atoms with Gasteiger partial charge in [-0.1, -0.05) is 4.49 Å². The van der Waals surface area contributed by atoms with Gasteiger partial charge >= 0.3 is 0 Å². The van der Waals surface area contributed by atoms with Crippen molar-refractivity contribution in [1.29, 1.82) is 0 Å². The molecule has 2 rings (SSSR count). The van der Waals surface area contributed by atoms with Gasteiger partial charge in [0, 0.05) is 17.6 Å². The van der Waals surface area contributed by atoms with E-state index in [0.29, 0.717) is 0 Å². The highest BCUT2D eigenvalue weighted by molar-refractivity contribution is 7.93. The fraction of sp³-hybridized carbons (Fsp3) is 0. The van der Waals surface area contributed by atoms with Crippen molar-refractivity contribution < 1.29 is 13.3 Å². The summed E-state index contributed by atoms with van der Waals surface area (Å²) in [4.78, 5) is 9.85. The molecular weight excluding hydrogens is 308 g/mol. The van der Waals surface area contributed by atoms with Crippen LogP contribution in [-0.2, 0) is 10.0 Å². The van der Waals surface area contributed by atoms with Gasteiger partial charge in [0.25, 0.3) is 15.7 Å². The number of nitrogens with one attached hydrogen (secondary N) is 2. The van der Waals surface area contributed by atoms with Crippen molar-refractivity contribution >= 4 is 37.9 Å². The summed E-state index contributed by atoms with van der Waals surface area (Å²) in [5.74, 6) is 5.12. The van der Waals surface area contributed by atoms with Crippen molar-refractivity contribution in [2.24, 2.45) is 5.84 Å². The lowest BCUT2D eigenvalue weighted by Crippen LogP contribution is -2.14. The van der Waals surface area contributed by atoms with Crippen molar-refractivity contribution in [3.63, 3.8) is 0 Å². The summed E-state index contributed by atoms with van der Waals surface area (Å²) in [5.41, 5.74) is 1.69. The minimum Gasteiger partial charge on any atom is -0.318 e. The zero-order valence-corrected chi connectivity index (χ0v) is 11.3. The van der Waals surface area contributed by atoms with Crippen LogP contribution in [0.1, 0.15) is 0 Å². The third-order valence-electron chi connectivity index (χ3n) is 2.23. The second kappa shape index (κ2) is 5.36. The van der Waals surface area contributed by atoms with E-state index in [-0.39, 0.29) is 15.6 Å². The first-order valence-electron chi connectivity index (χ1n) is 4.99. The Balaban J connectivity index is 2.42. The van der Waals surface area contributed by atoms with Gasteiger partial charge in [-0.25, -0.2) is 8.42 Å². The van der Waals surface area contributed by atoms with Gasteiger partial charge in [0.2, 0.25) is 0 Å². The first kappa shape index (κ1) is 14.1. The van der Waals surface area contributed by atoms with Crippen molar-refractivity contribution in [1.82, 2.24) is 9.59 Å². The molecule has 0 aliphatic rings. The van der Waals surface area contributed by atoms with E-state index in [0.717, 1.165) is 17.6 Å². The Labute approximate surface area is 117 Å². The maximum Gasteiger partial charge on any atom is 0.295 e. The van der Waals surface area contributed by atoms with E-state index in [1.54, 1.807) is 0 Å². The lowest BCUT2D eigenvalue weighted by atomic mass is 10.3. The SMILES string of the molecule is NNc1ccc(S(=O)(=O)Nc2cnns2)cc1[N+](=O)[O-]. The van der Waals surface area contributed by atoms with Crippen molar-refractivity contribution in [2.75, 3.05) is 10.1 Å². The van der Waals surface area contributed by atoms with Crippen LogP contribution in [0.5, 0.6) is 0 Å². The summed E-state index contributed by atoms with van der Waals surface area (Å²) >= 11 is 0.845. The molecule has 0 saturated heterocycles. The maximum atomic E-state index is 12.0. The topological polar surface area (TPSA) is 153 Å². The molecule has 0 atom stereocenters. The summed E-state index contributed by atoms with van der Waals surface area (Å²) in [6.45, 7) is 0. The molecule has 106 valence electrons. The standard InChI is InChI=1S/C8H8N6O4S2/c9-11-6-2-1-5(3-7(6)14(15)16)20(17,18)12-8-4-10-13-19-8/h1-4,11-12H,9H2. The van der Waals surface area contributed by atoms with Gasteiger partial charge in [-0.05, 0) is 12.1 Å². The summed E-state index contributed by atoms with van der Waals surface area (Å²) in [6, 6.07) is 3.31. The Morgan fingerprint density at radius 3 is 2.70 bits per heavy atom. The lowest BCUT2D eigenvalue weighted by Gasteiger charge is -2.07. The number of nitro groups is 1. The number of sulfonamides is 1. The number of nitro benzene ring substituents is 1. The Bertz CT molecular complexity index is 729. The zero-order valence-electron chi connectivity index (χ0n) is 9.68. The van der Waals surface area contributed by atoms with E-state index in [4.69, 9.17) is 5.84 Å². The second-order valence-electron chi connectivity index (χ2n) is 3.47. The van der Waals surface area contributed by atoms with E-state index in [2.05, 4.69) is 19.7 Å². The van der Waals surface area contributed by atoms with Gasteiger partial charge in [0.05, 0.1) is 16.0 Å². The predicted octanol–water partition coefficient (Wildman–Crippen LogP) is 0.533. The van der Waals surface area contributed by atoms with Crippen LogP contribution in [0.2, 0.25) is 0 Å². The van der Waals surface area contributed by atoms with E-state index >= 15 is 0 Å². The van der Waals surface area contributed by atoms with Crippen LogP contribution in [0.3, 0.4) is 0 Å². The number of aromatic nitrogens is 2. The molecule has 1 aromatic carbocycles. The summed E-state index contributed by atoms with van der Waals surface area (Å²) < 4.78 is 29.8. The lowest BCUT2D eigenvalue weighted by molar-refractivity contribution is -0.384. The molecule has 0 aliphatic heterocycles. The van der Waals surface area contributed by atoms with Crippen LogP contribution in [0, 0.1) is 10.1 Å². The van der Waals surface area contributed by atoms with Crippen LogP contribution >= 0.6 is 11.5 Å². The largest absolute Gasteiger partial charge is 0.318 e. The van der Waals surface area contributed by atoms with E-state index in [9.17, 15) is 18.5 Å². The van der Waals surface area contributed by atoms with Crippen LogP contribution < -0.4 is 16.0 Å². The third kappa shape index (κ3) is 2.81. The molecule has 2 aromatic rings. The van der Waals surface area contributed by atoms with Crippen molar-refractivity contribution in [2.45, 2.75) is 4.90 Å². The molecule has 0 bridgehead atoms. The van der Waals surface area contributed by atoms with Crippen LogP contribution in [-0.4, -0.2) is 22.9 Å². The summed E-state index contributed by atoms with van der Waals surface area (Å²) in [5, 5.41) is 14.5. The minimum absolute atomic E-state index is 0.00778. The molecule has 0 radical (unpaired) electrons. The highest BCUT2D eigenvalue weighted by Crippen LogP contribution is 2.27. The highest BCUT2D eigenvalue weighted by atomic mass is 32.2. The molecule has 0 amide bonds. The number of nitrogens with zero attached hydrogens (tertiary/aromatic N) is 3. The number of anilines is 2. The number of nitrogens with two attached hydrogens (primary N) is 1. The minimum atomic E-state index is -3.96. The van der Waals surface area contributed by atoms with Crippen LogP contribution in [0.15, 0.2) is 29.3 Å². The van der Waals surface area contributed by atoms with Gasteiger partial charge in [-0.3, -0.25) is 20.7 Å². The summed E-state index contributed by atoms with van der Waals surface area (Å²) in [7, 11) is -3.96. The molecule has 0 saturated carbocycles.